The summed E-state index contributed by atoms with van der Waals surface area (Å²) in [5, 5.41) is 0. The first-order valence-electron chi connectivity index (χ1n) is 6.44. The quantitative estimate of drug-likeness (QED) is 0.860. The van der Waals surface area contributed by atoms with Crippen molar-refractivity contribution in [1.29, 1.82) is 0 Å². The van der Waals surface area contributed by atoms with Gasteiger partial charge in [-0.1, -0.05) is 6.92 Å². The van der Waals surface area contributed by atoms with Crippen molar-refractivity contribution in [1.82, 2.24) is 14.8 Å². The van der Waals surface area contributed by atoms with E-state index in [9.17, 15) is 4.79 Å². The molecule has 2 rings (SSSR count). The fraction of sp³-hybridized carbons (Fsp3) is 0.538. The Labute approximate surface area is 108 Å². The average Bonchev–Trinajstić information content (AvgIpc) is 2.40. The number of piperazine rings is 1. The number of pyridine rings is 1. The molecular weight excluding hydrogens is 228 g/mol. The summed E-state index contributed by atoms with van der Waals surface area (Å²) in [6, 6.07) is 3.46. The molecule has 1 aromatic rings. The number of amides is 1. The Kier molecular flexibility index (Phi) is 4.15. The third kappa shape index (κ3) is 2.79. The van der Waals surface area contributed by atoms with Crippen LogP contribution in [0.15, 0.2) is 18.3 Å². The van der Waals surface area contributed by atoms with Crippen molar-refractivity contribution in [3.8, 4) is 0 Å². The number of nitrogen functional groups attached to an aromatic ring is 1. The molecular formula is C13H20N4O. The summed E-state index contributed by atoms with van der Waals surface area (Å²) in [5.74, 6) is -0.0516. The Bertz CT molecular complexity index is 413. The molecule has 0 radical (unpaired) electrons. The molecule has 5 heteroatoms. The van der Waals surface area contributed by atoms with E-state index in [-0.39, 0.29) is 5.91 Å². The Hall–Kier alpha value is -1.62. The second-order valence-electron chi connectivity index (χ2n) is 4.58. The molecule has 0 aliphatic carbocycles. The van der Waals surface area contributed by atoms with Crippen LogP contribution in [-0.2, 0) is 0 Å². The summed E-state index contributed by atoms with van der Waals surface area (Å²) < 4.78 is 0. The summed E-state index contributed by atoms with van der Waals surface area (Å²) in [5.41, 5.74) is 6.62. The van der Waals surface area contributed by atoms with Crippen LogP contribution in [0.5, 0.6) is 0 Å². The van der Waals surface area contributed by atoms with Gasteiger partial charge in [0.25, 0.3) is 5.91 Å². The van der Waals surface area contributed by atoms with Crippen LogP contribution in [0.4, 0.5) is 5.69 Å². The van der Waals surface area contributed by atoms with Crippen molar-refractivity contribution >= 4 is 11.6 Å². The highest BCUT2D eigenvalue weighted by atomic mass is 16.2. The number of aromatic nitrogens is 1. The van der Waals surface area contributed by atoms with Crippen molar-refractivity contribution in [2.45, 2.75) is 13.3 Å². The summed E-state index contributed by atoms with van der Waals surface area (Å²) in [6.45, 7) is 6.67. The van der Waals surface area contributed by atoms with E-state index in [1.807, 2.05) is 4.90 Å². The molecule has 1 aromatic heterocycles. The second kappa shape index (κ2) is 5.82. The lowest BCUT2D eigenvalue weighted by atomic mass is 10.2. The van der Waals surface area contributed by atoms with Gasteiger partial charge < -0.3 is 10.6 Å². The van der Waals surface area contributed by atoms with Crippen LogP contribution in [-0.4, -0.2) is 53.4 Å². The minimum Gasteiger partial charge on any atom is -0.397 e. The average molecular weight is 248 g/mol. The Balaban J connectivity index is 1.98. The lowest BCUT2D eigenvalue weighted by molar-refractivity contribution is 0.0633. The van der Waals surface area contributed by atoms with E-state index >= 15 is 0 Å². The Morgan fingerprint density at radius 3 is 2.72 bits per heavy atom. The van der Waals surface area contributed by atoms with E-state index in [4.69, 9.17) is 5.73 Å². The van der Waals surface area contributed by atoms with Gasteiger partial charge in [0.2, 0.25) is 0 Å². The van der Waals surface area contributed by atoms with E-state index in [0.29, 0.717) is 11.4 Å². The normalized spacial score (nSPS) is 16.8. The van der Waals surface area contributed by atoms with Gasteiger partial charge in [-0.2, -0.15) is 0 Å². The third-order valence-electron chi connectivity index (χ3n) is 3.24. The van der Waals surface area contributed by atoms with Crippen molar-refractivity contribution in [2.75, 3.05) is 38.5 Å². The topological polar surface area (TPSA) is 62.5 Å². The summed E-state index contributed by atoms with van der Waals surface area (Å²) >= 11 is 0. The lowest BCUT2D eigenvalue weighted by Gasteiger charge is -2.34. The third-order valence-corrected chi connectivity index (χ3v) is 3.24. The van der Waals surface area contributed by atoms with Crippen molar-refractivity contribution in [2.24, 2.45) is 0 Å². The number of nitrogens with zero attached hydrogens (tertiary/aromatic N) is 3. The second-order valence-corrected chi connectivity index (χ2v) is 4.58. The molecule has 98 valence electrons. The molecule has 0 unspecified atom stereocenters. The fourth-order valence-electron chi connectivity index (χ4n) is 2.24. The molecule has 0 atom stereocenters. The molecule has 18 heavy (non-hydrogen) atoms. The van der Waals surface area contributed by atoms with E-state index in [1.54, 1.807) is 18.3 Å². The van der Waals surface area contributed by atoms with E-state index in [1.165, 1.54) is 0 Å². The molecule has 1 fully saturated rings. The van der Waals surface area contributed by atoms with Crippen LogP contribution in [0.25, 0.3) is 0 Å². The molecule has 1 saturated heterocycles. The molecule has 0 spiro atoms. The van der Waals surface area contributed by atoms with Crippen LogP contribution in [0.1, 0.15) is 23.8 Å². The first-order chi connectivity index (χ1) is 8.72. The maximum Gasteiger partial charge on any atom is 0.274 e. The maximum atomic E-state index is 12.3. The lowest BCUT2D eigenvalue weighted by Crippen LogP contribution is -2.49. The first-order valence-corrected chi connectivity index (χ1v) is 6.44. The molecule has 0 aromatic carbocycles. The van der Waals surface area contributed by atoms with Gasteiger partial charge in [0.1, 0.15) is 0 Å². The highest BCUT2D eigenvalue weighted by molar-refractivity contribution is 5.97. The SMILES string of the molecule is CCCN1CCN(C(=O)c2ncccc2N)CC1. The van der Waals surface area contributed by atoms with Gasteiger partial charge in [0.05, 0.1) is 5.69 Å². The molecule has 1 amide bonds. The minimum atomic E-state index is -0.0516. The maximum absolute atomic E-state index is 12.3. The van der Waals surface area contributed by atoms with Crippen molar-refractivity contribution < 1.29 is 4.79 Å². The molecule has 2 N–H and O–H groups in total. The predicted octanol–water partition coefficient (Wildman–Crippen LogP) is 0.832. The Morgan fingerprint density at radius 2 is 2.11 bits per heavy atom. The zero-order valence-corrected chi connectivity index (χ0v) is 10.8. The van der Waals surface area contributed by atoms with Crippen LogP contribution in [0.3, 0.4) is 0 Å². The van der Waals surface area contributed by atoms with Gasteiger partial charge in [-0.05, 0) is 25.1 Å². The standard InChI is InChI=1S/C13H20N4O/c1-2-6-16-7-9-17(10-8-16)13(18)12-11(14)4-3-5-15-12/h3-5H,2,6-10,14H2,1H3. The van der Waals surface area contributed by atoms with E-state index in [2.05, 4.69) is 16.8 Å². The van der Waals surface area contributed by atoms with Crippen LogP contribution < -0.4 is 5.73 Å². The molecule has 5 nitrogen and oxygen atoms in total. The van der Waals surface area contributed by atoms with E-state index < -0.39 is 0 Å². The van der Waals surface area contributed by atoms with Gasteiger partial charge in [0, 0.05) is 32.4 Å². The van der Waals surface area contributed by atoms with E-state index in [0.717, 1.165) is 39.1 Å². The van der Waals surface area contributed by atoms with Crippen LogP contribution in [0.2, 0.25) is 0 Å². The van der Waals surface area contributed by atoms with Crippen molar-refractivity contribution in [3.63, 3.8) is 0 Å². The number of hydrogen-bond donors (Lipinski definition) is 1. The minimum absolute atomic E-state index is 0.0516. The molecule has 1 aliphatic rings. The van der Waals surface area contributed by atoms with Gasteiger partial charge >= 0.3 is 0 Å². The highest BCUT2D eigenvalue weighted by Crippen LogP contribution is 2.12. The Morgan fingerprint density at radius 1 is 1.39 bits per heavy atom. The number of anilines is 1. The molecule has 0 saturated carbocycles. The zero-order valence-electron chi connectivity index (χ0n) is 10.8. The smallest absolute Gasteiger partial charge is 0.274 e. The van der Waals surface area contributed by atoms with Crippen LogP contribution >= 0.6 is 0 Å². The first kappa shape index (κ1) is 12.8. The van der Waals surface area contributed by atoms with Gasteiger partial charge in [-0.25, -0.2) is 4.98 Å². The van der Waals surface area contributed by atoms with Gasteiger partial charge in [-0.3, -0.25) is 9.69 Å². The highest BCUT2D eigenvalue weighted by Gasteiger charge is 2.23. The number of hydrogen-bond acceptors (Lipinski definition) is 4. The number of carbonyl (C=O) groups is 1. The van der Waals surface area contributed by atoms with Gasteiger partial charge in [0.15, 0.2) is 5.69 Å². The molecule has 2 heterocycles. The van der Waals surface area contributed by atoms with Crippen LogP contribution in [0, 0.1) is 0 Å². The zero-order chi connectivity index (χ0) is 13.0. The molecule has 0 bridgehead atoms. The summed E-state index contributed by atoms with van der Waals surface area (Å²) in [4.78, 5) is 20.5. The number of nitrogens with two attached hydrogens (primary N) is 1. The fourth-order valence-corrected chi connectivity index (χ4v) is 2.24. The number of rotatable bonds is 3. The predicted molar refractivity (Wildman–Crippen MR) is 71.3 cm³/mol. The van der Waals surface area contributed by atoms with Crippen molar-refractivity contribution in [3.05, 3.63) is 24.0 Å². The summed E-state index contributed by atoms with van der Waals surface area (Å²) in [6.07, 6.45) is 2.76. The number of carbonyl (C=O) groups excluding carboxylic acids is 1. The molecule has 1 aliphatic heterocycles. The largest absolute Gasteiger partial charge is 0.397 e. The van der Waals surface area contributed by atoms with Gasteiger partial charge in [-0.15, -0.1) is 0 Å². The monoisotopic (exact) mass is 248 g/mol. The summed E-state index contributed by atoms with van der Waals surface area (Å²) in [7, 11) is 0.